The standard InChI is InChI=1S/C21H36O4/c1-21(2,15-3-7-17(8-4-15)23-13-19-14-24-19)16-5-9-18(10-6-16)25-20-11-12-22-20/h15-20H,3-14H2,1-2H3. The van der Waals surface area contributed by atoms with Crippen molar-refractivity contribution in [2.75, 3.05) is 19.8 Å². The van der Waals surface area contributed by atoms with Crippen LogP contribution in [0.4, 0.5) is 0 Å². The molecule has 2 saturated heterocycles. The highest BCUT2D eigenvalue weighted by Gasteiger charge is 2.41. The van der Waals surface area contributed by atoms with E-state index in [4.69, 9.17) is 18.9 Å². The topological polar surface area (TPSA) is 40.2 Å². The SMILES string of the molecule is CC(C)(C1CCC(OCC2CO2)CC1)C1CCC(OC2CCO2)CC1. The van der Waals surface area contributed by atoms with Crippen molar-refractivity contribution in [2.24, 2.45) is 17.3 Å². The van der Waals surface area contributed by atoms with Crippen LogP contribution in [0.15, 0.2) is 0 Å². The van der Waals surface area contributed by atoms with E-state index < -0.39 is 0 Å². The summed E-state index contributed by atoms with van der Waals surface area (Å²) in [7, 11) is 0. The second-order valence-electron chi connectivity index (χ2n) is 9.28. The molecule has 4 aliphatic rings. The number of hydrogen-bond donors (Lipinski definition) is 0. The molecule has 2 unspecified atom stereocenters. The van der Waals surface area contributed by atoms with Gasteiger partial charge in [0.1, 0.15) is 6.10 Å². The molecular formula is C21H36O4. The number of epoxide rings is 1. The number of hydrogen-bond acceptors (Lipinski definition) is 4. The quantitative estimate of drug-likeness (QED) is 0.640. The van der Waals surface area contributed by atoms with Gasteiger partial charge in [-0.25, -0.2) is 0 Å². The zero-order chi connectivity index (χ0) is 17.3. The van der Waals surface area contributed by atoms with Gasteiger partial charge in [0, 0.05) is 6.42 Å². The Morgan fingerprint density at radius 3 is 1.84 bits per heavy atom. The molecular weight excluding hydrogens is 316 g/mol. The molecule has 4 fully saturated rings. The van der Waals surface area contributed by atoms with E-state index in [1.54, 1.807) is 0 Å². The molecule has 2 aliphatic heterocycles. The van der Waals surface area contributed by atoms with Crippen LogP contribution in [0, 0.1) is 17.3 Å². The van der Waals surface area contributed by atoms with Gasteiger partial charge in [0.25, 0.3) is 0 Å². The fourth-order valence-electron chi connectivity index (χ4n) is 5.19. The summed E-state index contributed by atoms with van der Waals surface area (Å²) in [6.45, 7) is 7.65. The highest BCUT2D eigenvalue weighted by atomic mass is 16.7. The Kier molecular flexibility index (Phi) is 5.71. The van der Waals surface area contributed by atoms with Gasteiger partial charge in [0.2, 0.25) is 0 Å². The van der Waals surface area contributed by atoms with Gasteiger partial charge >= 0.3 is 0 Å². The van der Waals surface area contributed by atoms with E-state index in [1.807, 2.05) is 0 Å². The minimum atomic E-state index is 0.103. The van der Waals surface area contributed by atoms with Crippen LogP contribution in [-0.4, -0.2) is 44.4 Å². The van der Waals surface area contributed by atoms with Crippen LogP contribution in [-0.2, 0) is 18.9 Å². The predicted molar refractivity (Wildman–Crippen MR) is 96.4 cm³/mol. The van der Waals surface area contributed by atoms with Gasteiger partial charge in [0.15, 0.2) is 6.29 Å². The minimum Gasteiger partial charge on any atom is -0.375 e. The van der Waals surface area contributed by atoms with Crippen LogP contribution in [0.2, 0.25) is 0 Å². The summed E-state index contributed by atoms with van der Waals surface area (Å²) in [4.78, 5) is 0. The van der Waals surface area contributed by atoms with Crippen LogP contribution in [0.5, 0.6) is 0 Å². The highest BCUT2D eigenvalue weighted by molar-refractivity contribution is 4.91. The van der Waals surface area contributed by atoms with Crippen molar-refractivity contribution in [3.63, 3.8) is 0 Å². The molecule has 0 amide bonds. The zero-order valence-corrected chi connectivity index (χ0v) is 16.1. The highest BCUT2D eigenvalue weighted by Crippen LogP contribution is 2.49. The lowest BCUT2D eigenvalue weighted by Gasteiger charge is -2.47. The second kappa shape index (κ2) is 7.84. The van der Waals surface area contributed by atoms with Crippen LogP contribution in [0.1, 0.15) is 71.6 Å². The Morgan fingerprint density at radius 1 is 0.800 bits per heavy atom. The van der Waals surface area contributed by atoms with Crippen molar-refractivity contribution in [1.82, 2.24) is 0 Å². The molecule has 0 N–H and O–H groups in total. The maximum atomic E-state index is 6.05. The van der Waals surface area contributed by atoms with E-state index in [1.165, 1.54) is 51.4 Å². The van der Waals surface area contributed by atoms with Crippen molar-refractivity contribution in [2.45, 2.75) is 96.2 Å². The number of ether oxygens (including phenoxy) is 4. The summed E-state index contributed by atoms with van der Waals surface area (Å²) in [5.74, 6) is 1.69. The van der Waals surface area contributed by atoms with Gasteiger partial charge in [-0.2, -0.15) is 0 Å². The summed E-state index contributed by atoms with van der Waals surface area (Å²) in [5, 5.41) is 0. The lowest BCUT2D eigenvalue weighted by Crippen LogP contribution is -2.40. The van der Waals surface area contributed by atoms with Gasteiger partial charge in [0.05, 0.1) is 32.0 Å². The van der Waals surface area contributed by atoms with E-state index in [9.17, 15) is 0 Å². The first kappa shape index (κ1) is 18.2. The van der Waals surface area contributed by atoms with Gasteiger partial charge in [-0.1, -0.05) is 13.8 Å². The molecule has 2 heterocycles. The lowest BCUT2D eigenvalue weighted by atomic mass is 9.60. The summed E-state index contributed by atoms with van der Waals surface area (Å²) in [6, 6.07) is 0. The molecule has 4 nitrogen and oxygen atoms in total. The van der Waals surface area contributed by atoms with Crippen molar-refractivity contribution in [1.29, 1.82) is 0 Å². The van der Waals surface area contributed by atoms with Crippen LogP contribution < -0.4 is 0 Å². The monoisotopic (exact) mass is 352 g/mol. The van der Waals surface area contributed by atoms with E-state index >= 15 is 0 Å². The molecule has 0 aromatic heterocycles. The Labute approximate surface area is 152 Å². The van der Waals surface area contributed by atoms with E-state index in [-0.39, 0.29) is 6.29 Å². The summed E-state index contributed by atoms with van der Waals surface area (Å²) in [5.41, 5.74) is 0.447. The first-order valence-corrected chi connectivity index (χ1v) is 10.6. The maximum Gasteiger partial charge on any atom is 0.160 e. The summed E-state index contributed by atoms with van der Waals surface area (Å²) < 4.78 is 22.8. The molecule has 0 aromatic rings. The fourth-order valence-corrected chi connectivity index (χ4v) is 5.19. The third-order valence-corrected chi connectivity index (χ3v) is 7.37. The smallest absolute Gasteiger partial charge is 0.160 e. The molecule has 0 radical (unpaired) electrons. The van der Waals surface area contributed by atoms with Gasteiger partial charge in [-0.05, 0) is 68.6 Å². The fraction of sp³-hybridized carbons (Fsp3) is 1.00. The number of rotatable bonds is 7. The van der Waals surface area contributed by atoms with E-state index in [0.29, 0.717) is 23.7 Å². The van der Waals surface area contributed by atoms with Crippen molar-refractivity contribution < 1.29 is 18.9 Å². The van der Waals surface area contributed by atoms with Crippen molar-refractivity contribution in [3.8, 4) is 0 Å². The lowest BCUT2D eigenvalue weighted by molar-refractivity contribution is -0.241. The molecule has 0 spiro atoms. The molecule has 0 aromatic carbocycles. The maximum absolute atomic E-state index is 6.05. The third-order valence-electron chi connectivity index (χ3n) is 7.37. The first-order chi connectivity index (χ1) is 12.1. The molecule has 144 valence electrons. The largest absolute Gasteiger partial charge is 0.375 e. The summed E-state index contributed by atoms with van der Waals surface area (Å²) >= 11 is 0. The zero-order valence-electron chi connectivity index (χ0n) is 16.1. The average Bonchev–Trinajstić information content (AvgIpc) is 3.42. The van der Waals surface area contributed by atoms with Crippen LogP contribution in [0.25, 0.3) is 0 Å². The Hall–Kier alpha value is -0.160. The Balaban J connectivity index is 1.20. The predicted octanol–water partition coefficient (Wildman–Crippen LogP) is 4.31. The van der Waals surface area contributed by atoms with Gasteiger partial charge in [-0.3, -0.25) is 0 Å². The van der Waals surface area contributed by atoms with Crippen LogP contribution in [0.3, 0.4) is 0 Å². The average molecular weight is 353 g/mol. The molecule has 2 aliphatic carbocycles. The normalized spacial score (nSPS) is 42.0. The molecule has 2 atom stereocenters. The first-order valence-electron chi connectivity index (χ1n) is 10.6. The van der Waals surface area contributed by atoms with Gasteiger partial charge < -0.3 is 18.9 Å². The van der Waals surface area contributed by atoms with E-state index in [0.717, 1.165) is 38.1 Å². The van der Waals surface area contributed by atoms with Crippen molar-refractivity contribution >= 4 is 0 Å². The molecule has 2 saturated carbocycles. The Morgan fingerprint density at radius 2 is 1.36 bits per heavy atom. The minimum absolute atomic E-state index is 0.103. The molecule has 25 heavy (non-hydrogen) atoms. The molecule has 0 bridgehead atoms. The summed E-state index contributed by atoms with van der Waals surface area (Å²) in [6.07, 6.45) is 12.7. The second-order valence-corrected chi connectivity index (χ2v) is 9.28. The van der Waals surface area contributed by atoms with Gasteiger partial charge in [-0.15, -0.1) is 0 Å². The Bertz CT molecular complexity index is 414. The van der Waals surface area contributed by atoms with Crippen molar-refractivity contribution in [3.05, 3.63) is 0 Å². The van der Waals surface area contributed by atoms with Crippen LogP contribution >= 0.6 is 0 Å². The third kappa shape index (κ3) is 4.58. The molecule has 4 rings (SSSR count). The van der Waals surface area contributed by atoms with E-state index in [2.05, 4.69) is 13.8 Å². The molecule has 4 heteroatoms.